The smallest absolute Gasteiger partial charge is 0.124 e. The van der Waals surface area contributed by atoms with E-state index in [0.29, 0.717) is 12.6 Å². The van der Waals surface area contributed by atoms with E-state index in [1.165, 1.54) is 12.8 Å². The van der Waals surface area contributed by atoms with Crippen molar-refractivity contribution in [1.29, 1.82) is 0 Å². The van der Waals surface area contributed by atoms with E-state index in [1.54, 1.807) is 0 Å². The van der Waals surface area contributed by atoms with Crippen molar-refractivity contribution in [2.45, 2.75) is 25.5 Å². The molecule has 0 saturated carbocycles. The van der Waals surface area contributed by atoms with Crippen LogP contribution in [0.2, 0.25) is 0 Å². The summed E-state index contributed by atoms with van der Waals surface area (Å²) >= 11 is 0. The Bertz CT molecular complexity index is 308. The van der Waals surface area contributed by atoms with Crippen molar-refractivity contribution in [3.05, 3.63) is 29.8 Å². The van der Waals surface area contributed by atoms with Gasteiger partial charge in [0.1, 0.15) is 12.4 Å². The largest absolute Gasteiger partial charge is 0.492 e. The lowest BCUT2D eigenvalue weighted by atomic mass is 10.2. The van der Waals surface area contributed by atoms with Gasteiger partial charge in [0, 0.05) is 11.6 Å². The van der Waals surface area contributed by atoms with E-state index in [2.05, 4.69) is 5.32 Å². The lowest BCUT2D eigenvalue weighted by Gasteiger charge is -2.14. The SMILES string of the molecule is OCc1ccccc1OCC1CCCN1. The highest BCUT2D eigenvalue weighted by Crippen LogP contribution is 2.18. The van der Waals surface area contributed by atoms with E-state index in [1.807, 2.05) is 24.3 Å². The van der Waals surface area contributed by atoms with Gasteiger partial charge in [-0.05, 0) is 25.5 Å². The minimum Gasteiger partial charge on any atom is -0.492 e. The minimum atomic E-state index is 0.0360. The first-order valence-corrected chi connectivity index (χ1v) is 5.45. The molecule has 0 bridgehead atoms. The highest BCUT2D eigenvalue weighted by molar-refractivity contribution is 5.32. The number of benzene rings is 1. The molecule has 15 heavy (non-hydrogen) atoms. The summed E-state index contributed by atoms with van der Waals surface area (Å²) in [6.45, 7) is 1.82. The number of para-hydroxylation sites is 1. The molecule has 1 aliphatic rings. The first-order chi connectivity index (χ1) is 7.40. The lowest BCUT2D eigenvalue weighted by molar-refractivity contribution is 0.249. The van der Waals surface area contributed by atoms with Crippen molar-refractivity contribution in [1.82, 2.24) is 5.32 Å². The van der Waals surface area contributed by atoms with Crippen LogP contribution in [0.4, 0.5) is 0 Å². The molecule has 0 aromatic heterocycles. The summed E-state index contributed by atoms with van der Waals surface area (Å²) in [5.74, 6) is 0.800. The molecule has 1 saturated heterocycles. The average molecular weight is 207 g/mol. The van der Waals surface area contributed by atoms with Crippen LogP contribution in [-0.4, -0.2) is 24.3 Å². The first kappa shape index (κ1) is 10.5. The number of rotatable bonds is 4. The van der Waals surface area contributed by atoms with Gasteiger partial charge in [0.25, 0.3) is 0 Å². The van der Waals surface area contributed by atoms with Crippen LogP contribution in [0.25, 0.3) is 0 Å². The number of ether oxygens (including phenoxy) is 1. The quantitative estimate of drug-likeness (QED) is 0.782. The predicted molar refractivity (Wildman–Crippen MR) is 58.9 cm³/mol. The fraction of sp³-hybridized carbons (Fsp3) is 0.500. The Balaban J connectivity index is 1.91. The van der Waals surface area contributed by atoms with Crippen LogP contribution in [0.1, 0.15) is 18.4 Å². The van der Waals surface area contributed by atoms with Gasteiger partial charge in [0.15, 0.2) is 0 Å². The van der Waals surface area contributed by atoms with Gasteiger partial charge >= 0.3 is 0 Å². The van der Waals surface area contributed by atoms with Gasteiger partial charge in [0.2, 0.25) is 0 Å². The molecule has 0 amide bonds. The highest BCUT2D eigenvalue weighted by Gasteiger charge is 2.14. The van der Waals surface area contributed by atoms with Crippen LogP contribution in [0, 0.1) is 0 Å². The number of hydrogen-bond donors (Lipinski definition) is 2. The summed E-state index contributed by atoms with van der Waals surface area (Å²) in [5.41, 5.74) is 0.857. The Morgan fingerprint density at radius 1 is 1.40 bits per heavy atom. The van der Waals surface area contributed by atoms with Crippen LogP contribution in [0.5, 0.6) is 5.75 Å². The molecular weight excluding hydrogens is 190 g/mol. The van der Waals surface area contributed by atoms with Crippen molar-refractivity contribution >= 4 is 0 Å². The molecule has 0 aliphatic carbocycles. The van der Waals surface area contributed by atoms with Gasteiger partial charge in [-0.2, -0.15) is 0 Å². The third-order valence-corrected chi connectivity index (χ3v) is 2.75. The van der Waals surface area contributed by atoms with E-state index in [0.717, 1.165) is 17.9 Å². The fourth-order valence-electron chi connectivity index (χ4n) is 1.86. The maximum absolute atomic E-state index is 9.11. The van der Waals surface area contributed by atoms with Crippen molar-refractivity contribution in [3.63, 3.8) is 0 Å². The molecule has 82 valence electrons. The number of nitrogens with one attached hydrogen (secondary N) is 1. The van der Waals surface area contributed by atoms with Gasteiger partial charge in [-0.3, -0.25) is 0 Å². The zero-order valence-electron chi connectivity index (χ0n) is 8.78. The first-order valence-electron chi connectivity index (χ1n) is 5.45. The molecule has 1 atom stereocenters. The molecule has 0 spiro atoms. The zero-order chi connectivity index (χ0) is 10.5. The molecule has 0 radical (unpaired) electrons. The topological polar surface area (TPSA) is 41.5 Å². The second-order valence-electron chi connectivity index (χ2n) is 3.87. The number of aliphatic hydroxyl groups is 1. The molecule has 1 fully saturated rings. The molecular formula is C12H17NO2. The Morgan fingerprint density at radius 3 is 3.00 bits per heavy atom. The third kappa shape index (κ3) is 2.70. The maximum atomic E-state index is 9.11. The number of hydrogen-bond acceptors (Lipinski definition) is 3. The van der Waals surface area contributed by atoms with E-state index in [9.17, 15) is 0 Å². The van der Waals surface area contributed by atoms with Gasteiger partial charge in [0.05, 0.1) is 6.61 Å². The standard InChI is InChI=1S/C12H17NO2/c14-8-10-4-1-2-6-12(10)15-9-11-5-3-7-13-11/h1-2,4,6,11,13-14H,3,5,7-9H2. The van der Waals surface area contributed by atoms with Gasteiger partial charge in [-0.25, -0.2) is 0 Å². The normalized spacial score (nSPS) is 20.5. The summed E-state index contributed by atoms with van der Waals surface area (Å²) in [7, 11) is 0. The second-order valence-corrected chi connectivity index (χ2v) is 3.87. The molecule has 2 N–H and O–H groups in total. The lowest BCUT2D eigenvalue weighted by Crippen LogP contribution is -2.28. The molecule has 1 aliphatic heterocycles. The van der Waals surface area contributed by atoms with Crippen molar-refractivity contribution in [3.8, 4) is 5.75 Å². The van der Waals surface area contributed by atoms with E-state index in [4.69, 9.17) is 9.84 Å². The minimum absolute atomic E-state index is 0.0360. The van der Waals surface area contributed by atoms with E-state index in [-0.39, 0.29) is 6.61 Å². The predicted octanol–water partition coefficient (Wildman–Crippen LogP) is 1.31. The van der Waals surface area contributed by atoms with E-state index >= 15 is 0 Å². The van der Waals surface area contributed by atoms with Crippen molar-refractivity contribution in [2.75, 3.05) is 13.2 Å². The van der Waals surface area contributed by atoms with Crippen LogP contribution in [0.15, 0.2) is 24.3 Å². The number of aliphatic hydroxyl groups excluding tert-OH is 1. The van der Waals surface area contributed by atoms with E-state index < -0.39 is 0 Å². The molecule has 2 rings (SSSR count). The monoisotopic (exact) mass is 207 g/mol. The summed E-state index contributed by atoms with van der Waals surface area (Å²) in [5, 5.41) is 12.5. The Kier molecular flexibility index (Phi) is 3.59. The van der Waals surface area contributed by atoms with Crippen molar-refractivity contribution in [2.24, 2.45) is 0 Å². The average Bonchev–Trinajstić information content (AvgIpc) is 2.79. The molecule has 3 heteroatoms. The summed E-state index contributed by atoms with van der Waals surface area (Å²) in [6, 6.07) is 8.09. The molecule has 1 aromatic carbocycles. The van der Waals surface area contributed by atoms with Gasteiger partial charge in [-0.15, -0.1) is 0 Å². The van der Waals surface area contributed by atoms with Crippen LogP contribution in [0.3, 0.4) is 0 Å². The second kappa shape index (κ2) is 5.14. The maximum Gasteiger partial charge on any atom is 0.124 e. The third-order valence-electron chi connectivity index (χ3n) is 2.75. The Hall–Kier alpha value is -1.06. The Labute approximate surface area is 90.1 Å². The summed E-state index contributed by atoms with van der Waals surface area (Å²) < 4.78 is 5.69. The van der Waals surface area contributed by atoms with Crippen molar-refractivity contribution < 1.29 is 9.84 Å². The molecule has 1 aromatic rings. The van der Waals surface area contributed by atoms with Crippen LogP contribution >= 0.6 is 0 Å². The fourth-order valence-corrected chi connectivity index (χ4v) is 1.86. The summed E-state index contributed by atoms with van der Waals surface area (Å²) in [6.07, 6.45) is 2.41. The van der Waals surface area contributed by atoms with Gasteiger partial charge < -0.3 is 15.2 Å². The molecule has 3 nitrogen and oxygen atoms in total. The highest BCUT2D eigenvalue weighted by atomic mass is 16.5. The van der Waals surface area contributed by atoms with Crippen LogP contribution < -0.4 is 10.1 Å². The van der Waals surface area contributed by atoms with Gasteiger partial charge in [-0.1, -0.05) is 18.2 Å². The summed E-state index contributed by atoms with van der Waals surface area (Å²) in [4.78, 5) is 0. The molecule has 1 heterocycles. The Morgan fingerprint density at radius 2 is 2.27 bits per heavy atom. The van der Waals surface area contributed by atoms with Crippen LogP contribution in [-0.2, 0) is 6.61 Å². The molecule has 1 unspecified atom stereocenters. The zero-order valence-corrected chi connectivity index (χ0v) is 8.78.